The summed E-state index contributed by atoms with van der Waals surface area (Å²) in [6.07, 6.45) is -11.7. The molecule has 1 saturated heterocycles. The molecule has 2 aliphatic heterocycles. The first-order chi connectivity index (χ1) is 18.4. The summed E-state index contributed by atoms with van der Waals surface area (Å²) in [5.41, 5.74) is -1.24. The summed E-state index contributed by atoms with van der Waals surface area (Å²) in [4.78, 5) is 13.6. The van der Waals surface area contributed by atoms with E-state index in [0.717, 1.165) is 19.2 Å². The molecule has 1 aromatic rings. The van der Waals surface area contributed by atoms with Crippen molar-refractivity contribution in [1.29, 1.82) is 0 Å². The van der Waals surface area contributed by atoms with Crippen LogP contribution in [0.5, 0.6) is 11.5 Å². The topological polar surface area (TPSA) is 38.8 Å². The number of hydrogen-bond acceptors (Lipinski definition) is 4. The van der Waals surface area contributed by atoms with Crippen LogP contribution in [0.2, 0.25) is 0 Å². The smallest absolute Gasteiger partial charge is 0.161 e. The van der Waals surface area contributed by atoms with E-state index in [2.05, 4.69) is 0 Å². The lowest BCUT2D eigenvalue weighted by Gasteiger charge is -2.43. The van der Waals surface area contributed by atoms with Gasteiger partial charge in [-0.2, -0.15) is 0 Å². The third-order valence-corrected chi connectivity index (χ3v) is 3.76. The Morgan fingerprint density at radius 1 is 1.54 bits per heavy atom. The third-order valence-electron chi connectivity index (χ3n) is 3.76. The number of carbonyl (C=O) groups is 1. The monoisotopic (exact) mass is 349 g/mol. The molecule has 0 amide bonds. The molecule has 0 aliphatic carbocycles. The minimum absolute atomic E-state index is 0.0475. The molecule has 3 unspecified atom stereocenters. The number of fused-ring (bicyclic) bond motifs is 3. The molecular weight excluding hydrogens is 302 g/mol. The number of hydrogen-bond donors (Lipinski definition) is 0. The average molecular weight is 350 g/mol. The zero-order valence-electron chi connectivity index (χ0n) is 31.1. The Labute approximate surface area is 170 Å². The summed E-state index contributed by atoms with van der Waals surface area (Å²) in [5, 5.41) is 0. The molecule has 0 bridgehead atoms. The van der Waals surface area contributed by atoms with E-state index in [4.69, 9.17) is 32.8 Å². The largest absolute Gasteiger partial charge is 0.493 e. The van der Waals surface area contributed by atoms with Gasteiger partial charge in [0.1, 0.15) is 5.78 Å². The van der Waals surface area contributed by atoms with Crippen LogP contribution in [0.25, 0.3) is 0 Å². The molecule has 1 aromatic carbocycles. The van der Waals surface area contributed by atoms with E-state index in [1.165, 1.54) is 0 Å². The summed E-state index contributed by atoms with van der Waals surface area (Å²) in [6, 6.07) is -1.21. The van der Waals surface area contributed by atoms with Crippen LogP contribution in [0.4, 0.5) is 0 Å². The van der Waals surface area contributed by atoms with Crippen molar-refractivity contribution in [2.24, 2.45) is 11.8 Å². The second-order valence-corrected chi connectivity index (χ2v) is 5.14. The maximum absolute atomic E-state index is 13.6. The van der Waals surface area contributed by atoms with Crippen molar-refractivity contribution in [1.82, 2.24) is 4.90 Å². The minimum Gasteiger partial charge on any atom is -0.493 e. The number of ether oxygens (including phenoxy) is 2. The van der Waals surface area contributed by atoms with Crippen LogP contribution in [0.3, 0.4) is 0 Å². The predicted molar refractivity (Wildman–Crippen MR) is 94.8 cm³/mol. The molecule has 3 rings (SSSR count). The number of benzene rings is 1. The van der Waals surface area contributed by atoms with E-state index in [-0.39, 0.29) is 4.90 Å². The van der Waals surface area contributed by atoms with E-state index in [1.54, 1.807) is 0 Å². The summed E-state index contributed by atoms with van der Waals surface area (Å²) in [6.45, 7) is -10.6. The lowest BCUT2D eigenvalue weighted by Crippen LogP contribution is -2.46. The van der Waals surface area contributed by atoms with E-state index in [0.29, 0.717) is 6.92 Å². The Bertz CT molecular complexity index is 1250. The molecule has 2 aliphatic rings. The molecule has 4 heteroatoms. The Balaban J connectivity index is 2.39. The van der Waals surface area contributed by atoms with E-state index in [1.807, 2.05) is 0 Å². The van der Waals surface area contributed by atoms with E-state index in [9.17, 15) is 6.17 Å². The van der Waals surface area contributed by atoms with Crippen molar-refractivity contribution in [3.8, 4) is 11.5 Å². The fourth-order valence-corrected chi connectivity index (χ4v) is 2.53. The zero-order chi connectivity index (χ0) is 33.1. The molecule has 0 N–H and O–H groups in total. The van der Waals surface area contributed by atoms with E-state index < -0.39 is 98.7 Å². The van der Waals surface area contributed by atoms with Crippen molar-refractivity contribution in [3.05, 3.63) is 23.3 Å². The van der Waals surface area contributed by atoms with Gasteiger partial charge in [0, 0.05) is 50.5 Å². The van der Waals surface area contributed by atoms with Gasteiger partial charge in [-0.1, -0.05) is 20.1 Å². The number of ketones is 1. The van der Waals surface area contributed by atoms with Crippen LogP contribution in [0.15, 0.2) is 12.1 Å². The first-order valence-electron chi connectivity index (χ1n) is 16.1. The molecular formula is C20H29NO3. The molecule has 0 radical (unpaired) electrons. The van der Waals surface area contributed by atoms with Gasteiger partial charge < -0.3 is 9.47 Å². The number of piperidine rings is 1. The molecule has 0 aromatic heterocycles. The number of nitrogens with zero attached hydrogens (tertiary/aromatic N) is 1. The highest BCUT2D eigenvalue weighted by Gasteiger charge is 2.38. The lowest BCUT2D eigenvalue weighted by atomic mass is 9.79. The first kappa shape index (κ1) is 5.73. The standard InChI is InChI=1S/C20H29NO3/c1-5-13(2)8-15-12-21-7-6-14-9-19(23-3)20(24-4)10-16(14)17(21)11-18(15)22/h9-10,13,15,17H,5-8,11-12H2,1-4H3/i2D3,3D3,5D2,6D2,7D2,8D2,12D2,13D,17D. The fraction of sp³-hybridized carbons (Fsp3) is 0.650. The van der Waals surface area contributed by atoms with Crippen molar-refractivity contribution < 1.29 is 38.9 Å². The Morgan fingerprint density at radius 3 is 3.08 bits per heavy atom. The third kappa shape index (κ3) is 3.16. The van der Waals surface area contributed by atoms with Crippen LogP contribution >= 0.6 is 0 Å². The van der Waals surface area contributed by atoms with Crippen LogP contribution in [-0.4, -0.2) is 37.8 Å². The maximum Gasteiger partial charge on any atom is 0.161 e. The highest BCUT2D eigenvalue weighted by molar-refractivity contribution is 5.83. The molecule has 24 heavy (non-hydrogen) atoms. The maximum atomic E-state index is 13.6. The lowest BCUT2D eigenvalue weighted by molar-refractivity contribution is -0.129. The van der Waals surface area contributed by atoms with Gasteiger partial charge in [0.05, 0.1) is 19.6 Å². The summed E-state index contributed by atoms with van der Waals surface area (Å²) in [7, 11) is -2.00. The Hall–Kier alpha value is -1.55. The summed E-state index contributed by atoms with van der Waals surface area (Å²) < 4.78 is 159. The van der Waals surface area contributed by atoms with E-state index >= 15 is 0 Å². The van der Waals surface area contributed by atoms with Gasteiger partial charge in [-0.15, -0.1) is 0 Å². The number of carbonyl (C=O) groups excluding carboxylic acids is 1. The summed E-state index contributed by atoms with van der Waals surface area (Å²) >= 11 is 0. The Kier molecular flexibility index (Phi) is 1.70. The van der Waals surface area contributed by atoms with Gasteiger partial charge in [-0.25, -0.2) is 0 Å². The van der Waals surface area contributed by atoms with Gasteiger partial charge in [-0.3, -0.25) is 9.69 Å². The molecule has 0 saturated carbocycles. The normalized spacial score (nSPS) is 48.9. The van der Waals surface area contributed by atoms with Crippen LogP contribution in [-0.2, 0) is 11.2 Å². The van der Waals surface area contributed by atoms with Gasteiger partial charge >= 0.3 is 0 Å². The zero-order valence-corrected chi connectivity index (χ0v) is 13.1. The van der Waals surface area contributed by atoms with Crippen LogP contribution < -0.4 is 9.47 Å². The number of Topliss-reactive ketones (excluding diaryl/α,β-unsaturated/α-hetero) is 1. The second-order valence-electron chi connectivity index (χ2n) is 5.14. The Morgan fingerprint density at radius 2 is 2.38 bits per heavy atom. The minimum atomic E-state index is -3.88. The number of methoxy groups -OCH3 is 2. The average Bonchev–Trinajstić information content (AvgIpc) is 2.72. The van der Waals surface area contributed by atoms with Crippen LogP contribution in [0, 0.1) is 11.8 Å². The van der Waals surface area contributed by atoms with Crippen molar-refractivity contribution in [2.75, 3.05) is 27.1 Å². The SMILES string of the molecule is [2H]C([2H])([2H])Oc1cc2c(cc1OC)C1([2H])CC(=O)C(C([2H])([2H])C([2H])(C([2H])([2H])[2H])C([2H])([2H])C)C([2H])([2H])N1C([2H])([2H])C2([2H])[2H]. The molecule has 1 fully saturated rings. The van der Waals surface area contributed by atoms with Crippen molar-refractivity contribution in [2.45, 2.75) is 45.3 Å². The van der Waals surface area contributed by atoms with Gasteiger partial charge in [0.25, 0.3) is 0 Å². The predicted octanol–water partition coefficient (Wildman–Crippen LogP) is 3.63. The summed E-state index contributed by atoms with van der Waals surface area (Å²) in [5.74, 6) is -9.15. The van der Waals surface area contributed by atoms with Gasteiger partial charge in [0.2, 0.25) is 0 Å². The van der Waals surface area contributed by atoms with Crippen molar-refractivity contribution in [3.63, 3.8) is 0 Å². The highest BCUT2D eigenvalue weighted by atomic mass is 16.5. The highest BCUT2D eigenvalue weighted by Crippen LogP contribution is 2.42. The molecule has 4 nitrogen and oxygen atoms in total. The number of aryl methyl sites for hydroxylation is 1. The van der Waals surface area contributed by atoms with Gasteiger partial charge in [0.15, 0.2) is 11.5 Å². The molecule has 2 heterocycles. The molecule has 3 atom stereocenters. The van der Waals surface area contributed by atoms with Crippen LogP contribution in [0.1, 0.15) is 74.8 Å². The quantitative estimate of drug-likeness (QED) is 0.814. The second kappa shape index (κ2) is 7.14. The first-order valence-corrected chi connectivity index (χ1v) is 7.12. The molecule has 132 valence electrons. The van der Waals surface area contributed by atoms with Gasteiger partial charge in [-0.05, 0) is 41.9 Å². The molecule has 0 spiro atoms. The van der Waals surface area contributed by atoms with Crippen molar-refractivity contribution >= 4 is 5.78 Å². The fourth-order valence-electron chi connectivity index (χ4n) is 2.53. The number of rotatable bonds is 5.